The van der Waals surface area contributed by atoms with Gasteiger partial charge in [0.15, 0.2) is 16.8 Å². The summed E-state index contributed by atoms with van der Waals surface area (Å²) >= 11 is 1.56. The Morgan fingerprint density at radius 3 is 2.72 bits per heavy atom. The van der Waals surface area contributed by atoms with Gasteiger partial charge < -0.3 is 11.1 Å². The van der Waals surface area contributed by atoms with Crippen LogP contribution in [0.3, 0.4) is 0 Å². The average Bonchev–Trinajstić information content (AvgIpc) is 3.11. The number of anilines is 3. The van der Waals surface area contributed by atoms with Crippen LogP contribution in [0.5, 0.6) is 0 Å². The van der Waals surface area contributed by atoms with Crippen molar-refractivity contribution in [1.29, 1.82) is 0 Å². The second kappa shape index (κ2) is 5.82. The van der Waals surface area contributed by atoms with Crippen LogP contribution in [0, 0.1) is 20.8 Å². The molecule has 0 radical (unpaired) electrons. The van der Waals surface area contributed by atoms with Gasteiger partial charge in [0.2, 0.25) is 0 Å². The van der Waals surface area contributed by atoms with Crippen molar-refractivity contribution in [2.75, 3.05) is 11.1 Å². The number of rotatable bonds is 3. The van der Waals surface area contributed by atoms with Gasteiger partial charge >= 0.3 is 0 Å². The summed E-state index contributed by atoms with van der Waals surface area (Å²) in [5.41, 5.74) is 10.7. The number of hydrogen-bond acceptors (Lipinski definition) is 7. The van der Waals surface area contributed by atoms with Crippen LogP contribution < -0.4 is 11.1 Å². The lowest BCUT2D eigenvalue weighted by molar-refractivity contribution is 0.804. The minimum atomic E-state index is 0.434. The van der Waals surface area contributed by atoms with Gasteiger partial charge in [0, 0.05) is 5.69 Å². The zero-order valence-electron chi connectivity index (χ0n) is 14.1. The van der Waals surface area contributed by atoms with Crippen LogP contribution in [0.1, 0.15) is 17.0 Å². The van der Waals surface area contributed by atoms with Crippen LogP contribution >= 0.6 is 11.3 Å². The van der Waals surface area contributed by atoms with Gasteiger partial charge in [-0.1, -0.05) is 17.4 Å². The minimum Gasteiger partial charge on any atom is -0.393 e. The molecule has 0 aliphatic heterocycles. The van der Waals surface area contributed by atoms with E-state index in [9.17, 15) is 0 Å². The Morgan fingerprint density at radius 1 is 1.12 bits per heavy atom. The monoisotopic (exact) mass is 351 g/mol. The summed E-state index contributed by atoms with van der Waals surface area (Å²) in [4.78, 5) is 13.1. The zero-order chi connectivity index (χ0) is 17.6. The van der Waals surface area contributed by atoms with Gasteiger partial charge in [-0.3, -0.25) is 0 Å². The number of hydrogen-bond donors (Lipinski definition) is 2. The van der Waals surface area contributed by atoms with E-state index in [0.29, 0.717) is 17.3 Å². The predicted molar refractivity (Wildman–Crippen MR) is 101 cm³/mol. The number of nitrogens with two attached hydrogens (primary N) is 1. The molecule has 0 saturated carbocycles. The number of thiazole rings is 1. The Hall–Kier alpha value is -3.00. The highest BCUT2D eigenvalue weighted by atomic mass is 32.1. The topological polar surface area (TPSA) is 94.5 Å². The molecule has 3 aromatic heterocycles. The quantitative estimate of drug-likeness (QED) is 0.586. The van der Waals surface area contributed by atoms with Crippen molar-refractivity contribution in [2.24, 2.45) is 0 Å². The fourth-order valence-corrected chi connectivity index (χ4v) is 3.65. The molecule has 3 heterocycles. The Kier molecular flexibility index (Phi) is 3.61. The highest BCUT2D eigenvalue weighted by molar-refractivity contribution is 7.22. The summed E-state index contributed by atoms with van der Waals surface area (Å²) in [6.45, 7) is 5.96. The SMILES string of the molecule is Cc1ccc2nc(Nc3ncnc(-n4nc(C)cc4C)c3N)sc2c1. The molecule has 126 valence electrons. The third-order valence-electron chi connectivity index (χ3n) is 3.84. The molecule has 0 bridgehead atoms. The summed E-state index contributed by atoms with van der Waals surface area (Å²) in [7, 11) is 0. The standard InChI is InChI=1S/C17H17N7S/c1-9-4-5-12-13(6-9)25-17(21-12)22-15-14(18)16(20-8-19-15)24-11(3)7-10(2)23-24/h4-8H,18H2,1-3H3,(H,19,20,21,22). The number of nitrogen functional groups attached to an aromatic ring is 1. The molecule has 7 nitrogen and oxygen atoms in total. The maximum atomic E-state index is 6.29. The molecule has 0 saturated heterocycles. The first kappa shape index (κ1) is 15.5. The van der Waals surface area contributed by atoms with Crippen molar-refractivity contribution < 1.29 is 0 Å². The molecule has 0 aliphatic rings. The number of aromatic nitrogens is 5. The largest absolute Gasteiger partial charge is 0.393 e. The Bertz CT molecular complexity index is 1080. The second-order valence-electron chi connectivity index (χ2n) is 5.91. The highest BCUT2D eigenvalue weighted by Gasteiger charge is 2.14. The second-order valence-corrected chi connectivity index (χ2v) is 6.94. The van der Waals surface area contributed by atoms with Crippen LogP contribution in [0.4, 0.5) is 16.6 Å². The summed E-state index contributed by atoms with van der Waals surface area (Å²) in [5, 5.41) is 8.39. The Morgan fingerprint density at radius 2 is 1.96 bits per heavy atom. The number of fused-ring (bicyclic) bond motifs is 1. The molecule has 4 aromatic rings. The Balaban J connectivity index is 1.73. The zero-order valence-corrected chi connectivity index (χ0v) is 14.9. The van der Waals surface area contributed by atoms with Crippen molar-refractivity contribution in [3.05, 3.63) is 47.5 Å². The molecule has 0 aliphatic carbocycles. The van der Waals surface area contributed by atoms with Crippen LogP contribution in [-0.2, 0) is 0 Å². The maximum absolute atomic E-state index is 6.29. The molecule has 0 spiro atoms. The van der Waals surface area contributed by atoms with E-state index < -0.39 is 0 Å². The molecule has 8 heteroatoms. The first-order valence-electron chi connectivity index (χ1n) is 7.79. The lowest BCUT2D eigenvalue weighted by Crippen LogP contribution is -2.09. The van der Waals surface area contributed by atoms with Crippen LogP contribution in [-0.4, -0.2) is 24.7 Å². The van der Waals surface area contributed by atoms with E-state index in [2.05, 4.69) is 38.4 Å². The molecule has 0 fully saturated rings. The van der Waals surface area contributed by atoms with Crippen molar-refractivity contribution in [3.8, 4) is 5.82 Å². The van der Waals surface area contributed by atoms with Crippen LogP contribution in [0.2, 0.25) is 0 Å². The molecular formula is C17H17N7S. The summed E-state index contributed by atoms with van der Waals surface area (Å²) in [6.07, 6.45) is 1.47. The van der Waals surface area contributed by atoms with E-state index in [4.69, 9.17) is 5.73 Å². The first-order chi connectivity index (χ1) is 12.0. The minimum absolute atomic E-state index is 0.434. The Labute approximate surface area is 148 Å². The van der Waals surface area contributed by atoms with Crippen molar-refractivity contribution in [3.63, 3.8) is 0 Å². The third kappa shape index (κ3) is 2.80. The van der Waals surface area contributed by atoms with Gasteiger partial charge in [-0.05, 0) is 44.5 Å². The first-order valence-corrected chi connectivity index (χ1v) is 8.61. The van der Waals surface area contributed by atoms with Gasteiger partial charge in [0.1, 0.15) is 12.0 Å². The van der Waals surface area contributed by atoms with Crippen molar-refractivity contribution in [1.82, 2.24) is 24.7 Å². The van der Waals surface area contributed by atoms with E-state index >= 15 is 0 Å². The van der Waals surface area contributed by atoms with Crippen LogP contribution in [0.25, 0.3) is 16.0 Å². The lowest BCUT2D eigenvalue weighted by atomic mass is 10.2. The molecule has 25 heavy (non-hydrogen) atoms. The average molecular weight is 351 g/mol. The van der Waals surface area contributed by atoms with E-state index in [1.807, 2.05) is 32.0 Å². The number of nitrogens with zero attached hydrogens (tertiary/aromatic N) is 5. The molecule has 0 amide bonds. The van der Waals surface area contributed by atoms with Gasteiger partial charge in [0.25, 0.3) is 0 Å². The van der Waals surface area contributed by atoms with Crippen LogP contribution in [0.15, 0.2) is 30.6 Å². The molecule has 4 rings (SSSR count). The van der Waals surface area contributed by atoms with Gasteiger partial charge in [-0.2, -0.15) is 5.10 Å². The van der Waals surface area contributed by atoms with Gasteiger partial charge in [0.05, 0.1) is 15.9 Å². The van der Waals surface area contributed by atoms with Crippen molar-refractivity contribution in [2.45, 2.75) is 20.8 Å². The van der Waals surface area contributed by atoms with Crippen molar-refractivity contribution >= 4 is 38.2 Å². The summed E-state index contributed by atoms with van der Waals surface area (Å²) < 4.78 is 2.84. The summed E-state index contributed by atoms with van der Waals surface area (Å²) in [5.74, 6) is 1.08. The lowest BCUT2D eigenvalue weighted by Gasteiger charge is -2.10. The highest BCUT2D eigenvalue weighted by Crippen LogP contribution is 2.31. The predicted octanol–water partition coefficient (Wildman–Crippen LogP) is 3.52. The molecule has 3 N–H and O–H groups in total. The number of nitrogens with one attached hydrogen (secondary N) is 1. The van der Waals surface area contributed by atoms with E-state index in [0.717, 1.165) is 26.7 Å². The van der Waals surface area contributed by atoms with E-state index in [1.54, 1.807) is 16.0 Å². The maximum Gasteiger partial charge on any atom is 0.189 e. The number of benzene rings is 1. The van der Waals surface area contributed by atoms with Gasteiger partial charge in [-0.15, -0.1) is 0 Å². The number of aryl methyl sites for hydroxylation is 3. The normalized spacial score (nSPS) is 11.2. The smallest absolute Gasteiger partial charge is 0.189 e. The molecule has 1 aromatic carbocycles. The molecule has 0 atom stereocenters. The summed E-state index contributed by atoms with van der Waals surface area (Å²) in [6, 6.07) is 8.15. The van der Waals surface area contributed by atoms with E-state index in [1.165, 1.54) is 11.9 Å². The third-order valence-corrected chi connectivity index (χ3v) is 4.78. The molecule has 0 unspecified atom stereocenters. The fourth-order valence-electron chi connectivity index (χ4n) is 2.68. The molecular weight excluding hydrogens is 334 g/mol. The fraction of sp³-hybridized carbons (Fsp3) is 0.176. The van der Waals surface area contributed by atoms with E-state index in [-0.39, 0.29) is 0 Å². The van der Waals surface area contributed by atoms with Gasteiger partial charge in [-0.25, -0.2) is 19.6 Å².